The second-order valence-corrected chi connectivity index (χ2v) is 6.70. The van der Waals surface area contributed by atoms with E-state index in [2.05, 4.69) is 16.8 Å². The molecule has 3 aromatic carbocycles. The van der Waals surface area contributed by atoms with Crippen LogP contribution in [0.5, 0.6) is 11.5 Å². The van der Waals surface area contributed by atoms with Gasteiger partial charge in [0.2, 0.25) is 0 Å². The zero-order valence-corrected chi connectivity index (χ0v) is 16.8. The van der Waals surface area contributed by atoms with Gasteiger partial charge in [0.15, 0.2) is 17.3 Å². The summed E-state index contributed by atoms with van der Waals surface area (Å²) in [7, 11) is 0. The molecule has 3 aromatic rings. The molecule has 2 N–H and O–H groups in total. The molecule has 0 fully saturated rings. The number of rotatable bonds is 7. The lowest BCUT2D eigenvalue weighted by Gasteiger charge is -2.10. The zero-order valence-electron chi connectivity index (χ0n) is 16.8. The molecule has 0 saturated heterocycles. The number of ether oxygens (including phenoxy) is 1. The van der Waals surface area contributed by atoms with Crippen molar-refractivity contribution in [1.29, 1.82) is 0 Å². The van der Waals surface area contributed by atoms with Crippen molar-refractivity contribution in [2.45, 2.75) is 13.5 Å². The molecule has 3 rings (SSSR count). The Hall–Kier alpha value is -4.26. The van der Waals surface area contributed by atoms with Crippen LogP contribution in [-0.4, -0.2) is 22.0 Å². The first-order chi connectivity index (χ1) is 14.9. The van der Waals surface area contributed by atoms with E-state index in [1.54, 1.807) is 48.5 Å². The van der Waals surface area contributed by atoms with Crippen molar-refractivity contribution in [2.75, 3.05) is 0 Å². The predicted molar refractivity (Wildman–Crippen MR) is 115 cm³/mol. The molecule has 0 amide bonds. The molecule has 0 aliphatic heterocycles. The standard InChI is InChI=1S/C24H20N2O5/c1-15(2)24(30)31-14-18-20(12-13-21(27)23(18)29)26-25-19-11-7-6-10-17(19)22(28)16-8-4-3-5-9-16/h3-13,27,29H,1,14H2,2H3. The third kappa shape index (κ3) is 5.02. The van der Waals surface area contributed by atoms with Crippen LogP contribution < -0.4 is 0 Å². The van der Waals surface area contributed by atoms with Gasteiger partial charge in [0.1, 0.15) is 6.61 Å². The van der Waals surface area contributed by atoms with E-state index in [4.69, 9.17) is 4.74 Å². The second-order valence-electron chi connectivity index (χ2n) is 6.70. The van der Waals surface area contributed by atoms with E-state index < -0.39 is 11.7 Å². The van der Waals surface area contributed by atoms with Gasteiger partial charge in [-0.05, 0) is 31.2 Å². The highest BCUT2D eigenvalue weighted by atomic mass is 16.5. The van der Waals surface area contributed by atoms with Crippen LogP contribution >= 0.6 is 0 Å². The number of hydrogen-bond acceptors (Lipinski definition) is 7. The number of aromatic hydroxyl groups is 2. The lowest BCUT2D eigenvalue weighted by atomic mass is 10.0. The Morgan fingerprint density at radius 1 is 0.903 bits per heavy atom. The minimum Gasteiger partial charge on any atom is -0.504 e. The number of nitrogens with zero attached hydrogens (tertiary/aromatic N) is 2. The molecule has 0 atom stereocenters. The molecule has 7 heteroatoms. The quantitative estimate of drug-likeness (QED) is 0.177. The smallest absolute Gasteiger partial charge is 0.333 e. The molecule has 0 saturated carbocycles. The SMILES string of the molecule is C=C(C)C(=O)OCc1c(N=Nc2ccccc2C(=O)c2ccccc2)ccc(O)c1O. The average molecular weight is 416 g/mol. The number of ketones is 1. The van der Waals surface area contributed by atoms with Crippen LogP contribution in [0.2, 0.25) is 0 Å². The Morgan fingerprint density at radius 3 is 2.26 bits per heavy atom. The van der Waals surface area contributed by atoms with Crippen molar-refractivity contribution >= 4 is 23.1 Å². The number of carbonyl (C=O) groups excluding carboxylic acids is 2. The van der Waals surface area contributed by atoms with Crippen LogP contribution in [0.3, 0.4) is 0 Å². The molecule has 0 bridgehead atoms. The number of phenols is 2. The second kappa shape index (κ2) is 9.49. The number of azo groups is 1. The van der Waals surface area contributed by atoms with Crippen molar-refractivity contribution < 1.29 is 24.5 Å². The molecular weight excluding hydrogens is 396 g/mol. The van der Waals surface area contributed by atoms with Crippen LogP contribution in [0.15, 0.2) is 89.1 Å². The topological polar surface area (TPSA) is 109 Å². The Bertz CT molecular complexity index is 1170. The predicted octanol–water partition coefficient (Wildman–Crippen LogP) is 5.36. The number of esters is 1. The molecular formula is C24H20N2O5. The number of benzene rings is 3. The van der Waals surface area contributed by atoms with Crippen LogP contribution in [0, 0.1) is 0 Å². The van der Waals surface area contributed by atoms with Crippen molar-refractivity contribution in [1.82, 2.24) is 0 Å². The fourth-order valence-corrected chi connectivity index (χ4v) is 2.72. The van der Waals surface area contributed by atoms with Crippen LogP contribution in [0.1, 0.15) is 28.4 Å². The van der Waals surface area contributed by atoms with Crippen LogP contribution in [0.25, 0.3) is 0 Å². The monoisotopic (exact) mass is 416 g/mol. The highest BCUT2D eigenvalue weighted by Gasteiger charge is 2.16. The molecule has 0 aliphatic rings. The lowest BCUT2D eigenvalue weighted by molar-refractivity contribution is -0.140. The minimum absolute atomic E-state index is 0.0743. The van der Waals surface area contributed by atoms with Crippen molar-refractivity contribution in [3.63, 3.8) is 0 Å². The van der Waals surface area contributed by atoms with Gasteiger partial charge < -0.3 is 14.9 Å². The molecule has 0 aliphatic carbocycles. The summed E-state index contributed by atoms with van der Waals surface area (Å²) in [6.45, 7) is 4.65. The van der Waals surface area contributed by atoms with Crippen molar-refractivity contribution in [3.05, 3.63) is 95.6 Å². The maximum Gasteiger partial charge on any atom is 0.333 e. The Kier molecular flexibility index (Phi) is 6.57. The maximum absolute atomic E-state index is 12.8. The summed E-state index contributed by atoms with van der Waals surface area (Å²) in [5.74, 6) is -1.72. The summed E-state index contributed by atoms with van der Waals surface area (Å²) in [5.41, 5.74) is 1.64. The average Bonchev–Trinajstić information content (AvgIpc) is 2.79. The summed E-state index contributed by atoms with van der Waals surface area (Å²) < 4.78 is 5.07. The van der Waals surface area contributed by atoms with E-state index in [0.717, 1.165) is 0 Å². The first-order valence-corrected chi connectivity index (χ1v) is 9.35. The van der Waals surface area contributed by atoms with E-state index in [0.29, 0.717) is 16.8 Å². The van der Waals surface area contributed by atoms with Crippen molar-refractivity contribution in [3.8, 4) is 11.5 Å². The summed E-state index contributed by atoms with van der Waals surface area (Å²) in [4.78, 5) is 24.5. The molecule has 31 heavy (non-hydrogen) atoms. The fourth-order valence-electron chi connectivity index (χ4n) is 2.72. The molecule has 156 valence electrons. The zero-order chi connectivity index (χ0) is 22.4. The van der Waals surface area contributed by atoms with Gasteiger partial charge in [-0.3, -0.25) is 4.79 Å². The number of hydrogen-bond donors (Lipinski definition) is 2. The summed E-state index contributed by atoms with van der Waals surface area (Å²) in [6.07, 6.45) is 0. The van der Waals surface area contributed by atoms with Gasteiger partial charge in [-0.15, -0.1) is 10.2 Å². The molecule has 0 aromatic heterocycles. The Balaban J connectivity index is 1.94. The largest absolute Gasteiger partial charge is 0.504 e. The summed E-state index contributed by atoms with van der Waals surface area (Å²) in [6, 6.07) is 18.2. The van der Waals surface area contributed by atoms with Gasteiger partial charge in [0.05, 0.1) is 22.5 Å². The third-order valence-electron chi connectivity index (χ3n) is 4.38. The van der Waals surface area contributed by atoms with E-state index >= 15 is 0 Å². The fraction of sp³-hybridized carbons (Fsp3) is 0.0833. The minimum atomic E-state index is -0.649. The van der Waals surface area contributed by atoms with Gasteiger partial charge in [-0.1, -0.05) is 49.0 Å². The van der Waals surface area contributed by atoms with E-state index in [9.17, 15) is 19.8 Å². The van der Waals surface area contributed by atoms with Crippen LogP contribution in [-0.2, 0) is 16.1 Å². The molecule has 0 spiro atoms. The first kappa shape index (κ1) is 21.4. The number of carbonyl (C=O) groups is 2. The van der Waals surface area contributed by atoms with Crippen molar-refractivity contribution in [2.24, 2.45) is 10.2 Å². The van der Waals surface area contributed by atoms with Gasteiger partial charge in [-0.2, -0.15) is 0 Å². The van der Waals surface area contributed by atoms with Gasteiger partial charge in [0, 0.05) is 11.1 Å². The first-order valence-electron chi connectivity index (χ1n) is 9.35. The van der Waals surface area contributed by atoms with Gasteiger partial charge in [-0.25, -0.2) is 4.79 Å². The number of phenolic OH excluding ortho intramolecular Hbond substituents is 2. The van der Waals surface area contributed by atoms with Gasteiger partial charge in [0.25, 0.3) is 0 Å². The summed E-state index contributed by atoms with van der Waals surface area (Å²) >= 11 is 0. The van der Waals surface area contributed by atoms with E-state index in [1.807, 2.05) is 6.07 Å². The van der Waals surface area contributed by atoms with E-state index in [1.165, 1.54) is 19.1 Å². The highest BCUT2D eigenvalue weighted by Crippen LogP contribution is 2.37. The van der Waals surface area contributed by atoms with E-state index in [-0.39, 0.29) is 35.0 Å². The molecule has 0 radical (unpaired) electrons. The van der Waals surface area contributed by atoms with Gasteiger partial charge >= 0.3 is 5.97 Å². The van der Waals surface area contributed by atoms with Crippen LogP contribution in [0.4, 0.5) is 11.4 Å². The third-order valence-corrected chi connectivity index (χ3v) is 4.38. The highest BCUT2D eigenvalue weighted by molar-refractivity contribution is 6.11. The Labute approximate surface area is 179 Å². The molecule has 0 unspecified atom stereocenters. The maximum atomic E-state index is 12.8. The molecule has 0 heterocycles. The summed E-state index contributed by atoms with van der Waals surface area (Å²) in [5, 5.41) is 28.3. The molecule has 7 nitrogen and oxygen atoms in total. The normalized spacial score (nSPS) is 10.7. The Morgan fingerprint density at radius 2 is 1.55 bits per heavy atom. The lowest BCUT2D eigenvalue weighted by Crippen LogP contribution is -2.05.